The number of rotatable bonds is 4. The molecule has 88 valence electrons. The summed E-state index contributed by atoms with van der Waals surface area (Å²) in [4.78, 5) is 1.29. The molecule has 0 aliphatic carbocycles. The van der Waals surface area contributed by atoms with Crippen LogP contribution in [-0.4, -0.2) is 11.1 Å². The van der Waals surface area contributed by atoms with Crippen molar-refractivity contribution >= 4 is 15.9 Å². The Bertz CT molecular complexity index is 413. The number of benzene rings is 1. The fourth-order valence-corrected chi connectivity index (χ4v) is 3.26. The lowest BCUT2D eigenvalue weighted by Crippen LogP contribution is -1.91. The van der Waals surface area contributed by atoms with Gasteiger partial charge in [-0.25, -0.2) is 0 Å². The van der Waals surface area contributed by atoms with E-state index in [0.717, 1.165) is 0 Å². The van der Waals surface area contributed by atoms with Crippen molar-refractivity contribution in [2.24, 2.45) is 0 Å². The van der Waals surface area contributed by atoms with Gasteiger partial charge < -0.3 is 0 Å². The van der Waals surface area contributed by atoms with E-state index in [-0.39, 0.29) is 10.5 Å². The Morgan fingerprint density at radius 2 is 2.06 bits per heavy atom. The van der Waals surface area contributed by atoms with Gasteiger partial charge in [0.25, 0.3) is 0 Å². The second-order valence-electron chi connectivity index (χ2n) is 4.31. The van der Waals surface area contributed by atoms with Crippen molar-refractivity contribution in [3.8, 4) is 0 Å². The second kappa shape index (κ2) is 6.05. The molecular weight excluding hydrogens is 212 g/mol. The Balaban J connectivity index is 3.11. The fourth-order valence-electron chi connectivity index (χ4n) is 1.59. The van der Waals surface area contributed by atoms with Crippen LogP contribution in [0.15, 0.2) is 29.7 Å². The molecule has 1 aromatic rings. The van der Waals surface area contributed by atoms with Gasteiger partial charge in [-0.3, -0.25) is 0 Å². The van der Waals surface area contributed by atoms with Crippen LogP contribution in [0.3, 0.4) is 0 Å². The maximum absolute atomic E-state index is 4.10. The van der Waals surface area contributed by atoms with Crippen LogP contribution in [-0.2, 0) is 0 Å². The van der Waals surface area contributed by atoms with E-state index in [1.165, 1.54) is 33.8 Å². The van der Waals surface area contributed by atoms with Crippen LogP contribution < -0.4 is 0 Å². The van der Waals surface area contributed by atoms with Gasteiger partial charge in [-0.05, 0) is 54.3 Å². The third-order valence-corrected chi connectivity index (χ3v) is 4.86. The molecule has 0 nitrogen and oxygen atoms in total. The molecule has 0 spiro atoms. The molecule has 0 aromatic heterocycles. The molecule has 0 heterocycles. The van der Waals surface area contributed by atoms with Gasteiger partial charge in [0.15, 0.2) is 0 Å². The fraction of sp³-hybridized carbons (Fsp3) is 0.400. The quantitative estimate of drug-likeness (QED) is 0.664. The lowest BCUT2D eigenvalue weighted by Gasteiger charge is -2.09. The van der Waals surface area contributed by atoms with Gasteiger partial charge in [0.05, 0.1) is 0 Å². The van der Waals surface area contributed by atoms with Gasteiger partial charge in [0.2, 0.25) is 0 Å². The summed E-state index contributed by atoms with van der Waals surface area (Å²) in [7, 11) is 0.235. The van der Waals surface area contributed by atoms with Crippen molar-refractivity contribution in [3.05, 3.63) is 46.4 Å². The Morgan fingerprint density at radius 3 is 2.62 bits per heavy atom. The molecular formula is C15H22S. The average molecular weight is 234 g/mol. The van der Waals surface area contributed by atoms with Gasteiger partial charge in [0.1, 0.15) is 0 Å². The molecule has 1 heteroatoms. The summed E-state index contributed by atoms with van der Waals surface area (Å²) in [5.41, 5.74) is 4.07. The van der Waals surface area contributed by atoms with Crippen LogP contribution in [0, 0.1) is 13.8 Å². The minimum atomic E-state index is 0.235. The van der Waals surface area contributed by atoms with Crippen molar-refractivity contribution < 1.29 is 0 Å². The highest BCUT2D eigenvalue weighted by atomic mass is 32.2. The summed E-state index contributed by atoms with van der Waals surface area (Å²) < 4.78 is 0. The van der Waals surface area contributed by atoms with Gasteiger partial charge in [-0.15, -0.1) is 0 Å². The standard InChI is InChI=1S/C15H22S/c1-6-9-16(12(2)3)11-15-10-13(4)7-8-14(15)5/h7-8,10-11H,2,6,9H2,1,3-5H3. The molecule has 1 rings (SSSR count). The summed E-state index contributed by atoms with van der Waals surface area (Å²) in [6.07, 6.45) is 1.22. The summed E-state index contributed by atoms with van der Waals surface area (Å²) in [5.74, 6) is 1.22. The van der Waals surface area contributed by atoms with Crippen LogP contribution in [0.2, 0.25) is 0 Å². The third kappa shape index (κ3) is 3.64. The molecule has 0 amide bonds. The zero-order chi connectivity index (χ0) is 12.1. The van der Waals surface area contributed by atoms with E-state index in [1.807, 2.05) is 0 Å². The van der Waals surface area contributed by atoms with Crippen LogP contribution in [0.25, 0.3) is 0 Å². The van der Waals surface area contributed by atoms with E-state index in [9.17, 15) is 0 Å². The molecule has 1 unspecified atom stereocenters. The van der Waals surface area contributed by atoms with E-state index in [4.69, 9.17) is 0 Å². The minimum absolute atomic E-state index is 0.235. The van der Waals surface area contributed by atoms with Gasteiger partial charge >= 0.3 is 0 Å². The van der Waals surface area contributed by atoms with Crippen molar-refractivity contribution in [2.75, 3.05) is 5.75 Å². The van der Waals surface area contributed by atoms with E-state index in [2.05, 4.69) is 57.8 Å². The normalized spacial score (nSPS) is 12.8. The summed E-state index contributed by atoms with van der Waals surface area (Å²) in [6.45, 7) is 12.8. The van der Waals surface area contributed by atoms with Crippen LogP contribution in [0.5, 0.6) is 0 Å². The average Bonchev–Trinajstić information content (AvgIpc) is 2.22. The van der Waals surface area contributed by atoms with Crippen LogP contribution in [0.1, 0.15) is 37.0 Å². The van der Waals surface area contributed by atoms with E-state index < -0.39 is 0 Å². The first-order chi connectivity index (χ1) is 7.54. The summed E-state index contributed by atoms with van der Waals surface area (Å²) in [6, 6.07) is 6.65. The van der Waals surface area contributed by atoms with Crippen LogP contribution >= 0.6 is 10.5 Å². The molecule has 0 bridgehead atoms. The lowest BCUT2D eigenvalue weighted by atomic mass is 10.1. The van der Waals surface area contributed by atoms with E-state index in [0.29, 0.717) is 0 Å². The second-order valence-corrected chi connectivity index (χ2v) is 6.51. The molecule has 1 atom stereocenters. The molecule has 16 heavy (non-hydrogen) atoms. The Kier molecular flexibility index (Phi) is 5.01. The number of hydrogen-bond acceptors (Lipinski definition) is 0. The highest BCUT2D eigenvalue weighted by Crippen LogP contribution is 2.25. The third-order valence-electron chi connectivity index (χ3n) is 2.58. The number of allylic oxidation sites excluding steroid dienone is 1. The van der Waals surface area contributed by atoms with Gasteiger partial charge in [-0.2, -0.15) is 10.5 Å². The largest absolute Gasteiger partial charge is 0.159 e. The van der Waals surface area contributed by atoms with Gasteiger partial charge in [0, 0.05) is 0 Å². The predicted molar refractivity (Wildman–Crippen MR) is 78.6 cm³/mol. The van der Waals surface area contributed by atoms with Crippen molar-refractivity contribution in [1.29, 1.82) is 0 Å². The maximum Gasteiger partial charge on any atom is -0.00791 e. The Hall–Kier alpha value is -0.820. The number of hydrogen-bond donors (Lipinski definition) is 0. The van der Waals surface area contributed by atoms with Crippen LogP contribution in [0.4, 0.5) is 0 Å². The molecule has 0 radical (unpaired) electrons. The van der Waals surface area contributed by atoms with Gasteiger partial charge in [-0.1, -0.05) is 37.3 Å². The first kappa shape index (κ1) is 13.2. The molecule has 0 aliphatic rings. The highest BCUT2D eigenvalue weighted by Gasteiger charge is 1.99. The zero-order valence-corrected chi connectivity index (χ0v) is 11.7. The van der Waals surface area contributed by atoms with E-state index >= 15 is 0 Å². The maximum atomic E-state index is 4.10. The first-order valence-corrected chi connectivity index (χ1v) is 7.27. The van der Waals surface area contributed by atoms with Crippen molar-refractivity contribution in [3.63, 3.8) is 0 Å². The topological polar surface area (TPSA) is 0 Å². The monoisotopic (exact) mass is 234 g/mol. The van der Waals surface area contributed by atoms with E-state index in [1.54, 1.807) is 0 Å². The summed E-state index contributed by atoms with van der Waals surface area (Å²) in [5, 5.41) is 2.40. The Morgan fingerprint density at radius 1 is 1.38 bits per heavy atom. The van der Waals surface area contributed by atoms with Crippen molar-refractivity contribution in [1.82, 2.24) is 0 Å². The first-order valence-electron chi connectivity index (χ1n) is 5.82. The Labute approximate surface area is 102 Å². The molecule has 1 aromatic carbocycles. The minimum Gasteiger partial charge on any atom is -0.159 e. The smallest absolute Gasteiger partial charge is 0.00791 e. The zero-order valence-electron chi connectivity index (χ0n) is 10.8. The molecule has 0 aliphatic heterocycles. The SMILES string of the molecule is C=C(C)/S(=C/c1cc(C)ccc1C)CCC. The molecule has 0 saturated carbocycles. The molecule has 0 N–H and O–H groups in total. The summed E-state index contributed by atoms with van der Waals surface area (Å²) >= 11 is 0. The number of aryl methyl sites for hydroxylation is 2. The molecule has 0 saturated heterocycles. The molecule has 0 fully saturated rings. The highest BCUT2D eigenvalue weighted by molar-refractivity contribution is 8.18. The predicted octanol–water partition coefficient (Wildman–Crippen LogP) is 4.67. The van der Waals surface area contributed by atoms with Crippen molar-refractivity contribution in [2.45, 2.75) is 34.1 Å². The lowest BCUT2D eigenvalue weighted by molar-refractivity contribution is 1.11.